The van der Waals surface area contributed by atoms with E-state index in [1.807, 2.05) is 42.7 Å². The standard InChI is InChI=1S/C23H29N5O3/c1-4-17-12-18(31-26-17)13-24-22(30)23(3)9-6-10-28(14-23)21(29)16-7-8-20-19(11-16)25-15-27(20)5-2/h7-8,11-12,15H,4-6,9-10,13-14H2,1-3H3,(H,24,30). The molecule has 0 bridgehead atoms. The van der Waals surface area contributed by atoms with Crippen molar-refractivity contribution < 1.29 is 14.1 Å². The molecule has 31 heavy (non-hydrogen) atoms. The number of nitrogens with one attached hydrogen (secondary N) is 1. The first kappa shape index (κ1) is 21.1. The van der Waals surface area contributed by atoms with Crippen LogP contribution in [0.2, 0.25) is 0 Å². The number of hydrogen-bond donors (Lipinski definition) is 1. The highest BCUT2D eigenvalue weighted by atomic mass is 16.5. The first-order valence-electron chi connectivity index (χ1n) is 10.9. The summed E-state index contributed by atoms with van der Waals surface area (Å²) in [4.78, 5) is 32.3. The monoisotopic (exact) mass is 423 g/mol. The van der Waals surface area contributed by atoms with Gasteiger partial charge in [-0.2, -0.15) is 0 Å². The summed E-state index contributed by atoms with van der Waals surface area (Å²) in [6.45, 7) is 8.14. The van der Waals surface area contributed by atoms with E-state index in [1.54, 1.807) is 11.2 Å². The number of likely N-dealkylation sites (tertiary alicyclic amines) is 1. The molecule has 0 saturated carbocycles. The summed E-state index contributed by atoms with van der Waals surface area (Å²) >= 11 is 0. The average molecular weight is 424 g/mol. The first-order valence-corrected chi connectivity index (χ1v) is 10.9. The molecule has 1 fully saturated rings. The molecule has 2 amide bonds. The number of nitrogens with zero attached hydrogens (tertiary/aromatic N) is 4. The van der Waals surface area contributed by atoms with Gasteiger partial charge in [-0.15, -0.1) is 0 Å². The number of carbonyl (C=O) groups excluding carboxylic acids is 2. The summed E-state index contributed by atoms with van der Waals surface area (Å²) in [5.41, 5.74) is 2.65. The predicted molar refractivity (Wildman–Crippen MR) is 116 cm³/mol. The Morgan fingerprint density at radius 2 is 2.10 bits per heavy atom. The molecule has 8 nitrogen and oxygen atoms in total. The van der Waals surface area contributed by atoms with E-state index >= 15 is 0 Å². The van der Waals surface area contributed by atoms with Crippen LogP contribution in [0.3, 0.4) is 0 Å². The van der Waals surface area contributed by atoms with Crippen molar-refractivity contribution in [3.05, 3.63) is 47.6 Å². The molecule has 3 heterocycles. The van der Waals surface area contributed by atoms with Crippen LogP contribution < -0.4 is 5.32 Å². The van der Waals surface area contributed by atoms with Gasteiger partial charge >= 0.3 is 0 Å². The molecule has 1 saturated heterocycles. The lowest BCUT2D eigenvalue weighted by Crippen LogP contribution is -2.51. The van der Waals surface area contributed by atoms with Gasteiger partial charge in [-0.25, -0.2) is 4.98 Å². The molecule has 2 aromatic heterocycles. The third-order valence-corrected chi connectivity index (χ3v) is 6.13. The molecule has 0 radical (unpaired) electrons. The van der Waals surface area contributed by atoms with E-state index in [9.17, 15) is 9.59 Å². The molecule has 1 unspecified atom stereocenters. The van der Waals surface area contributed by atoms with Gasteiger partial charge in [-0.1, -0.05) is 12.1 Å². The minimum absolute atomic E-state index is 0.0607. The number of benzene rings is 1. The lowest BCUT2D eigenvalue weighted by Gasteiger charge is -2.39. The normalized spacial score (nSPS) is 19.0. The molecule has 164 valence electrons. The van der Waals surface area contributed by atoms with Crippen LogP contribution in [0, 0.1) is 5.41 Å². The minimum Gasteiger partial charge on any atom is -0.359 e. The molecule has 1 N–H and O–H groups in total. The van der Waals surface area contributed by atoms with Gasteiger partial charge in [0, 0.05) is 31.3 Å². The van der Waals surface area contributed by atoms with Crippen LogP contribution in [0.5, 0.6) is 0 Å². The highest BCUT2D eigenvalue weighted by Gasteiger charge is 2.39. The number of hydrogen-bond acceptors (Lipinski definition) is 5. The van der Waals surface area contributed by atoms with E-state index < -0.39 is 5.41 Å². The summed E-state index contributed by atoms with van der Waals surface area (Å²) in [5, 5.41) is 6.91. The molecule has 0 aliphatic carbocycles. The van der Waals surface area contributed by atoms with Gasteiger partial charge in [0.25, 0.3) is 5.91 Å². The summed E-state index contributed by atoms with van der Waals surface area (Å²) in [7, 11) is 0. The summed E-state index contributed by atoms with van der Waals surface area (Å²) in [5.74, 6) is 0.503. The van der Waals surface area contributed by atoms with Gasteiger partial charge in [0.2, 0.25) is 5.91 Å². The van der Waals surface area contributed by atoms with Crippen molar-refractivity contribution in [2.75, 3.05) is 13.1 Å². The van der Waals surface area contributed by atoms with Crippen molar-refractivity contribution in [2.24, 2.45) is 5.41 Å². The molecule has 1 aliphatic rings. The first-order chi connectivity index (χ1) is 14.9. The third-order valence-electron chi connectivity index (χ3n) is 6.13. The minimum atomic E-state index is -0.643. The maximum Gasteiger partial charge on any atom is 0.253 e. The quantitative estimate of drug-likeness (QED) is 0.657. The Morgan fingerprint density at radius 3 is 2.84 bits per heavy atom. The van der Waals surface area contributed by atoms with Crippen molar-refractivity contribution in [3.63, 3.8) is 0 Å². The number of piperidine rings is 1. The molecule has 1 aromatic carbocycles. The molecule has 4 rings (SSSR count). The fourth-order valence-corrected chi connectivity index (χ4v) is 4.22. The second-order valence-corrected chi connectivity index (χ2v) is 8.45. The Bertz CT molecular complexity index is 1100. The molecule has 1 atom stereocenters. The van der Waals surface area contributed by atoms with Crippen LogP contribution in [0.15, 0.2) is 35.1 Å². The number of aromatic nitrogens is 3. The summed E-state index contributed by atoms with van der Waals surface area (Å²) in [6, 6.07) is 7.48. The number of imidazole rings is 1. The second kappa shape index (κ2) is 8.53. The molecular weight excluding hydrogens is 394 g/mol. The Morgan fingerprint density at radius 1 is 1.26 bits per heavy atom. The van der Waals surface area contributed by atoms with Crippen molar-refractivity contribution in [3.8, 4) is 0 Å². The van der Waals surface area contributed by atoms with Crippen molar-refractivity contribution in [1.82, 2.24) is 24.9 Å². The zero-order chi connectivity index (χ0) is 22.0. The van der Waals surface area contributed by atoms with Crippen molar-refractivity contribution in [2.45, 2.75) is 53.1 Å². The van der Waals surface area contributed by atoms with Crippen LogP contribution in [0.25, 0.3) is 11.0 Å². The van der Waals surface area contributed by atoms with Gasteiger partial charge in [0.05, 0.1) is 35.0 Å². The maximum absolute atomic E-state index is 13.2. The van der Waals surface area contributed by atoms with Crippen LogP contribution in [0.4, 0.5) is 0 Å². The molecule has 0 spiro atoms. The lowest BCUT2D eigenvalue weighted by atomic mass is 9.80. The van der Waals surface area contributed by atoms with Crippen LogP contribution >= 0.6 is 0 Å². The lowest BCUT2D eigenvalue weighted by molar-refractivity contribution is -0.132. The second-order valence-electron chi connectivity index (χ2n) is 8.45. The highest BCUT2D eigenvalue weighted by molar-refractivity contribution is 5.98. The number of carbonyl (C=O) groups is 2. The third kappa shape index (κ3) is 4.19. The highest BCUT2D eigenvalue weighted by Crippen LogP contribution is 2.31. The van der Waals surface area contributed by atoms with Crippen molar-refractivity contribution in [1.29, 1.82) is 0 Å². The molecule has 8 heteroatoms. The Balaban J connectivity index is 1.44. The van der Waals surface area contributed by atoms with Gasteiger partial charge in [0.1, 0.15) is 0 Å². The molecular formula is C23H29N5O3. The van der Waals surface area contributed by atoms with Crippen LogP contribution in [-0.4, -0.2) is 44.5 Å². The van der Waals surface area contributed by atoms with E-state index in [4.69, 9.17) is 4.52 Å². The van der Waals surface area contributed by atoms with E-state index in [2.05, 4.69) is 22.4 Å². The van der Waals surface area contributed by atoms with Crippen LogP contribution in [0.1, 0.15) is 55.4 Å². The number of rotatable bonds is 6. The summed E-state index contributed by atoms with van der Waals surface area (Å²) < 4.78 is 7.30. The largest absolute Gasteiger partial charge is 0.359 e. The van der Waals surface area contributed by atoms with E-state index in [1.165, 1.54) is 0 Å². The van der Waals surface area contributed by atoms with E-state index in [-0.39, 0.29) is 11.8 Å². The molecule has 3 aromatic rings. The fraction of sp³-hybridized carbons (Fsp3) is 0.478. The van der Waals surface area contributed by atoms with E-state index in [0.717, 1.165) is 42.5 Å². The van der Waals surface area contributed by atoms with E-state index in [0.29, 0.717) is 31.0 Å². The van der Waals surface area contributed by atoms with Gasteiger partial charge in [0.15, 0.2) is 5.76 Å². The van der Waals surface area contributed by atoms with Gasteiger partial charge in [-0.05, 0) is 51.3 Å². The van der Waals surface area contributed by atoms with Crippen molar-refractivity contribution >= 4 is 22.8 Å². The Labute approximate surface area is 181 Å². The number of amides is 2. The topological polar surface area (TPSA) is 93.3 Å². The zero-order valence-electron chi connectivity index (χ0n) is 18.4. The maximum atomic E-state index is 13.2. The SMILES string of the molecule is CCc1cc(CNC(=O)C2(C)CCCN(C(=O)c3ccc4c(c3)ncn4CC)C2)on1. The average Bonchev–Trinajstić information content (AvgIpc) is 3.42. The van der Waals surface area contributed by atoms with Crippen LogP contribution in [-0.2, 0) is 24.3 Å². The van der Waals surface area contributed by atoms with Gasteiger partial charge < -0.3 is 19.3 Å². The Kier molecular flexibility index (Phi) is 5.80. The molecule has 1 aliphatic heterocycles. The summed E-state index contributed by atoms with van der Waals surface area (Å²) in [6.07, 6.45) is 4.10. The number of fused-ring (bicyclic) bond motifs is 1. The number of aryl methyl sites for hydroxylation is 2. The van der Waals surface area contributed by atoms with Gasteiger partial charge in [-0.3, -0.25) is 9.59 Å². The fourth-order valence-electron chi connectivity index (χ4n) is 4.22. The smallest absolute Gasteiger partial charge is 0.253 e. The Hall–Kier alpha value is -3.16. The zero-order valence-corrected chi connectivity index (χ0v) is 18.4. The predicted octanol–water partition coefficient (Wildman–Crippen LogP) is 3.17.